The molecule has 0 aromatic carbocycles. The van der Waals surface area contributed by atoms with Crippen LogP contribution in [0.15, 0.2) is 18.3 Å². The van der Waals surface area contributed by atoms with Crippen molar-refractivity contribution in [3.63, 3.8) is 0 Å². The third-order valence-electron chi connectivity index (χ3n) is 4.35. The van der Waals surface area contributed by atoms with Gasteiger partial charge in [-0.3, -0.25) is 9.88 Å². The lowest BCUT2D eigenvalue weighted by atomic mass is 9.92. The van der Waals surface area contributed by atoms with E-state index in [1.807, 2.05) is 13.8 Å². The monoisotopic (exact) mass is 386 g/mol. The molecule has 1 N–H and O–H groups in total. The molecule has 1 aliphatic rings. The zero-order valence-electron chi connectivity index (χ0n) is 15.5. The Balaban J connectivity index is 2.41. The first-order chi connectivity index (χ1) is 11.5. The van der Waals surface area contributed by atoms with Gasteiger partial charge in [0, 0.05) is 20.8 Å². The van der Waals surface area contributed by atoms with Gasteiger partial charge in [-0.2, -0.15) is 0 Å². The highest BCUT2D eigenvalue weighted by Gasteiger charge is 2.49. The molecule has 0 saturated carbocycles. The maximum atomic E-state index is 12.1. The molecule has 0 spiro atoms. The van der Waals surface area contributed by atoms with Gasteiger partial charge in [0.1, 0.15) is 5.54 Å². The molecule has 1 aromatic rings. The van der Waals surface area contributed by atoms with E-state index in [4.69, 9.17) is 21.1 Å². The summed E-state index contributed by atoms with van der Waals surface area (Å²) in [5.41, 5.74) is -0.392. The molecular formula is C17H27ClN2O4Si. The van der Waals surface area contributed by atoms with Crippen molar-refractivity contribution in [3.8, 4) is 0 Å². The normalized spacial score (nSPS) is 19.4. The van der Waals surface area contributed by atoms with Crippen LogP contribution in [-0.4, -0.2) is 54.7 Å². The Kier molecular flexibility index (Phi) is 5.83. The minimum atomic E-state index is -1.43. The molecule has 0 aliphatic carbocycles. The lowest BCUT2D eigenvalue weighted by Crippen LogP contribution is -2.61. The van der Waals surface area contributed by atoms with E-state index in [-0.39, 0.29) is 13.2 Å². The molecular weight excluding hydrogens is 360 g/mol. The SMILES string of the molecule is CC1(C)OCC(c2ccc(Cl)cn2)(N(CC[Si](C)(C)C)C(=O)O)CO1. The first-order valence-corrected chi connectivity index (χ1v) is 12.4. The summed E-state index contributed by atoms with van der Waals surface area (Å²) >= 11 is 5.96. The third-order valence-corrected chi connectivity index (χ3v) is 6.30. The van der Waals surface area contributed by atoms with Crippen LogP contribution in [0.2, 0.25) is 30.7 Å². The molecule has 1 saturated heterocycles. The summed E-state index contributed by atoms with van der Waals surface area (Å²) in [5, 5.41) is 10.4. The predicted molar refractivity (Wildman–Crippen MR) is 99.8 cm³/mol. The number of ether oxygens (including phenoxy) is 2. The van der Waals surface area contributed by atoms with Gasteiger partial charge in [-0.05, 0) is 32.0 Å². The van der Waals surface area contributed by atoms with Gasteiger partial charge in [0.25, 0.3) is 0 Å². The predicted octanol–water partition coefficient (Wildman–Crippen LogP) is 4.03. The molecule has 8 heteroatoms. The molecule has 1 fully saturated rings. The average Bonchev–Trinajstić information content (AvgIpc) is 2.48. The molecule has 140 valence electrons. The number of carbonyl (C=O) groups is 1. The van der Waals surface area contributed by atoms with Gasteiger partial charge < -0.3 is 14.6 Å². The average molecular weight is 387 g/mol. The summed E-state index contributed by atoms with van der Waals surface area (Å²) in [6.45, 7) is 11.1. The zero-order valence-corrected chi connectivity index (χ0v) is 17.3. The fourth-order valence-electron chi connectivity index (χ4n) is 2.70. The second-order valence-corrected chi connectivity index (χ2v) is 14.2. The highest BCUT2D eigenvalue weighted by Crippen LogP contribution is 2.36. The van der Waals surface area contributed by atoms with Crippen LogP contribution in [0.3, 0.4) is 0 Å². The van der Waals surface area contributed by atoms with Gasteiger partial charge >= 0.3 is 6.09 Å². The summed E-state index contributed by atoms with van der Waals surface area (Å²) in [6.07, 6.45) is 0.526. The van der Waals surface area contributed by atoms with E-state index >= 15 is 0 Å². The number of carboxylic acid groups (broad SMARTS) is 1. The van der Waals surface area contributed by atoms with Crippen molar-refractivity contribution in [2.45, 2.75) is 50.9 Å². The number of rotatable bonds is 5. The van der Waals surface area contributed by atoms with Crippen LogP contribution in [0.25, 0.3) is 0 Å². The van der Waals surface area contributed by atoms with Crippen molar-refractivity contribution in [2.75, 3.05) is 19.8 Å². The standard InChI is InChI=1S/C17H27ClN2O4Si/c1-16(2)23-11-17(12-24-16,14-7-6-13(18)10-19-14)20(15(21)22)8-9-25(3,4)5/h6-7,10H,8-9,11-12H2,1-5H3,(H,21,22). The van der Waals surface area contributed by atoms with Gasteiger partial charge in [0.15, 0.2) is 5.79 Å². The first-order valence-electron chi connectivity index (χ1n) is 8.36. The van der Waals surface area contributed by atoms with Crippen LogP contribution < -0.4 is 0 Å². The quantitative estimate of drug-likeness (QED) is 0.773. The number of amides is 1. The van der Waals surface area contributed by atoms with Crippen molar-refractivity contribution in [1.82, 2.24) is 9.88 Å². The molecule has 25 heavy (non-hydrogen) atoms. The van der Waals surface area contributed by atoms with Gasteiger partial charge in [0.05, 0.1) is 23.9 Å². The number of aromatic nitrogens is 1. The second kappa shape index (κ2) is 7.23. The molecule has 2 rings (SSSR count). The van der Waals surface area contributed by atoms with Crippen LogP contribution in [0, 0.1) is 0 Å². The number of hydrogen-bond donors (Lipinski definition) is 1. The number of nitrogens with zero attached hydrogens (tertiary/aromatic N) is 2. The fraction of sp³-hybridized carbons (Fsp3) is 0.647. The van der Waals surface area contributed by atoms with Crippen molar-refractivity contribution >= 4 is 25.8 Å². The van der Waals surface area contributed by atoms with Gasteiger partial charge in [0.2, 0.25) is 0 Å². The Hall–Kier alpha value is -1.15. The Morgan fingerprint density at radius 3 is 2.36 bits per heavy atom. The summed E-state index contributed by atoms with van der Waals surface area (Å²) in [4.78, 5) is 17.9. The van der Waals surface area contributed by atoms with E-state index < -0.39 is 25.5 Å². The van der Waals surface area contributed by atoms with E-state index in [1.54, 1.807) is 12.1 Å². The minimum absolute atomic E-state index is 0.187. The highest BCUT2D eigenvalue weighted by molar-refractivity contribution is 6.76. The Bertz CT molecular complexity index is 606. The molecule has 1 amide bonds. The van der Waals surface area contributed by atoms with Crippen molar-refractivity contribution in [1.29, 1.82) is 0 Å². The maximum absolute atomic E-state index is 12.1. The second-order valence-electron chi connectivity index (χ2n) is 8.12. The molecule has 6 nitrogen and oxygen atoms in total. The maximum Gasteiger partial charge on any atom is 0.408 e. The van der Waals surface area contributed by atoms with Gasteiger partial charge in [-0.25, -0.2) is 4.79 Å². The van der Waals surface area contributed by atoms with Gasteiger partial charge in [-0.1, -0.05) is 31.2 Å². The summed E-state index contributed by atoms with van der Waals surface area (Å²) in [5.74, 6) is -0.751. The van der Waals surface area contributed by atoms with Crippen LogP contribution in [0.1, 0.15) is 19.5 Å². The zero-order chi connectivity index (χ0) is 18.9. The Morgan fingerprint density at radius 1 is 1.32 bits per heavy atom. The van der Waals surface area contributed by atoms with Crippen molar-refractivity contribution in [2.24, 2.45) is 0 Å². The number of pyridine rings is 1. The van der Waals surface area contributed by atoms with E-state index in [0.717, 1.165) is 6.04 Å². The highest BCUT2D eigenvalue weighted by atomic mass is 35.5. The van der Waals surface area contributed by atoms with E-state index in [1.165, 1.54) is 11.1 Å². The van der Waals surface area contributed by atoms with E-state index in [9.17, 15) is 9.90 Å². The molecule has 2 heterocycles. The molecule has 0 bridgehead atoms. The smallest absolute Gasteiger partial charge is 0.408 e. The number of halogens is 1. The minimum Gasteiger partial charge on any atom is -0.465 e. The van der Waals surface area contributed by atoms with E-state index in [2.05, 4.69) is 24.6 Å². The fourth-order valence-corrected chi connectivity index (χ4v) is 3.71. The first kappa shape index (κ1) is 20.2. The topological polar surface area (TPSA) is 71.9 Å². The van der Waals surface area contributed by atoms with Crippen molar-refractivity contribution in [3.05, 3.63) is 29.0 Å². The lowest BCUT2D eigenvalue weighted by molar-refractivity contribution is -0.287. The third kappa shape index (κ3) is 4.94. The molecule has 1 aromatic heterocycles. The van der Waals surface area contributed by atoms with Crippen LogP contribution in [0.5, 0.6) is 0 Å². The summed E-state index contributed by atoms with van der Waals surface area (Å²) in [6, 6.07) is 4.31. The van der Waals surface area contributed by atoms with Crippen LogP contribution >= 0.6 is 11.6 Å². The molecule has 0 radical (unpaired) electrons. The molecule has 1 aliphatic heterocycles. The summed E-state index contributed by atoms with van der Waals surface area (Å²) < 4.78 is 11.7. The van der Waals surface area contributed by atoms with Crippen molar-refractivity contribution < 1.29 is 19.4 Å². The Morgan fingerprint density at radius 2 is 1.92 bits per heavy atom. The van der Waals surface area contributed by atoms with Crippen LogP contribution in [0.4, 0.5) is 4.79 Å². The number of hydrogen-bond acceptors (Lipinski definition) is 4. The molecule has 0 unspecified atom stereocenters. The Labute approximate surface area is 155 Å². The molecule has 0 atom stereocenters. The van der Waals surface area contributed by atoms with Crippen LogP contribution in [-0.2, 0) is 15.0 Å². The summed E-state index contributed by atoms with van der Waals surface area (Å²) in [7, 11) is -1.43. The largest absolute Gasteiger partial charge is 0.465 e. The van der Waals surface area contributed by atoms with Gasteiger partial charge in [-0.15, -0.1) is 0 Å². The lowest BCUT2D eigenvalue weighted by Gasteiger charge is -2.48. The van der Waals surface area contributed by atoms with E-state index in [0.29, 0.717) is 17.3 Å².